The number of aliphatic hydroxyl groups is 1. The molecule has 5 N–H and O–H groups in total. The van der Waals surface area contributed by atoms with Crippen molar-refractivity contribution in [1.29, 1.82) is 0 Å². The van der Waals surface area contributed by atoms with E-state index in [1.807, 2.05) is 84.9 Å². The van der Waals surface area contributed by atoms with Gasteiger partial charge >= 0.3 is 12.1 Å². The van der Waals surface area contributed by atoms with Gasteiger partial charge in [0.1, 0.15) is 23.7 Å². The van der Waals surface area contributed by atoms with Crippen LogP contribution in [0.25, 0.3) is 0 Å². The zero-order valence-electron chi connectivity index (χ0n) is 56.6. The maximum Gasteiger partial charge on any atom is 0.319 e. The first-order chi connectivity index (χ1) is 45.1. The highest BCUT2D eigenvalue weighted by Crippen LogP contribution is 2.32. The molecule has 21 heteroatoms. The maximum absolute atomic E-state index is 14.0. The topological polar surface area (TPSA) is 210 Å². The van der Waals surface area contributed by atoms with Crippen molar-refractivity contribution in [3.8, 4) is 11.5 Å². The normalized spacial score (nSPS) is 21.7. The third-order valence-electron chi connectivity index (χ3n) is 19.1. The Morgan fingerprint density at radius 3 is 1.45 bits per heavy atom. The molecule has 6 amide bonds. The quantitative estimate of drug-likeness (QED) is 0.0367. The van der Waals surface area contributed by atoms with Crippen LogP contribution in [0.1, 0.15) is 140 Å². The molecule has 0 unspecified atom stereocenters. The summed E-state index contributed by atoms with van der Waals surface area (Å²) in [4.78, 5) is 74.2. The van der Waals surface area contributed by atoms with Crippen LogP contribution < -0.4 is 30.7 Å². The van der Waals surface area contributed by atoms with Gasteiger partial charge in [-0.2, -0.15) is 0 Å². The fraction of sp³-hybridized carbons (Fsp3) is 0.639. The van der Waals surface area contributed by atoms with E-state index in [-0.39, 0.29) is 91.5 Å². The summed E-state index contributed by atoms with van der Waals surface area (Å²) in [7, 11) is 4.16. The molecule has 20 nitrogen and oxygen atoms in total. The van der Waals surface area contributed by atoms with Crippen LogP contribution in [0.15, 0.2) is 85.5 Å². The Bertz CT molecular complexity index is 2880. The van der Waals surface area contributed by atoms with E-state index in [1.165, 1.54) is 57.2 Å². The minimum atomic E-state index is -0.306. The molecule has 2 aromatic heterocycles. The molecule has 2 saturated heterocycles. The highest BCUT2D eigenvalue weighted by atomic mass is 35.5. The standard InChI is InChI=1S/C36H54N6O4.C30H43N5O4.C6H12ClN/c1-27-23-42(28(2)26-45-20-19-41-17-7-8-18-41)35(43)22-30-21-32(39-36(44)38-31-9-5-4-6-10-31)11-12-33(30)46-34(27)25-40(3)24-29-13-15-37-16-14-29;1-21-17-35(22(2)20-36)29(37)16-24-15-26(33-30(38)32-25-7-5-4-6-8-25)9-10-27(24)39-28(21)19-34(3)18-23-11-13-31-14-12-23;7-3-6-8-4-1-2-5-8/h11-16,21,27-28,31,34H,4-10,17-20,22-26H2,1-3H3,(H2,38,39,44);9-15,21-22,25,28,36H,4-8,16-20H2,1-3H3,(H2,32,33,38);1-6H2/t27-,28+,34+;21-,22+,28+;/m11./s1. The Balaban J connectivity index is 0.000000215. The SMILES string of the molecule is C[C@@H]1CN([C@@H](C)CO)C(=O)Cc2cc(NC(=O)NC3CCCCC3)ccc2O[C@H]1CN(C)Cc1ccncc1.C[C@@H]1CN([C@@H](C)COCCN2CCCC2)C(=O)Cc2cc(NC(=O)NC3CCCCC3)ccc2O[C@H]1CN(C)Cc1ccncc1.ClCCN1CCCC1. The number of fused-ring (bicyclic) bond motifs is 2. The molecule has 4 aromatic rings. The predicted octanol–water partition coefficient (Wildman–Crippen LogP) is 10.1. The summed E-state index contributed by atoms with van der Waals surface area (Å²) in [5.41, 5.74) is 5.14. The number of nitrogens with one attached hydrogen (secondary N) is 4. The zero-order chi connectivity index (χ0) is 65.9. The molecule has 4 fully saturated rings. The van der Waals surface area contributed by atoms with Crippen molar-refractivity contribution in [2.45, 2.75) is 180 Å². The second-order valence-corrected chi connectivity index (χ2v) is 27.4. The van der Waals surface area contributed by atoms with Crippen LogP contribution in [-0.2, 0) is 40.3 Å². The lowest BCUT2D eigenvalue weighted by Gasteiger charge is -2.34. The summed E-state index contributed by atoms with van der Waals surface area (Å²) in [6.45, 7) is 20.0. The molecule has 512 valence electrons. The number of likely N-dealkylation sites (tertiary alicyclic amines) is 2. The first-order valence-corrected chi connectivity index (χ1v) is 35.3. The molecule has 2 aliphatic carbocycles. The van der Waals surface area contributed by atoms with Crippen molar-refractivity contribution in [3.05, 3.63) is 108 Å². The van der Waals surface area contributed by atoms with Gasteiger partial charge in [-0.15, -0.1) is 11.6 Å². The summed E-state index contributed by atoms with van der Waals surface area (Å²) < 4.78 is 19.5. The van der Waals surface area contributed by atoms with Crippen LogP contribution in [0.3, 0.4) is 0 Å². The molecule has 2 saturated carbocycles. The molecule has 2 aromatic carbocycles. The van der Waals surface area contributed by atoms with Crippen LogP contribution >= 0.6 is 11.6 Å². The predicted molar refractivity (Wildman–Crippen MR) is 369 cm³/mol. The van der Waals surface area contributed by atoms with E-state index < -0.39 is 0 Å². The van der Waals surface area contributed by atoms with Crippen molar-refractivity contribution in [1.82, 2.24) is 50.0 Å². The minimum Gasteiger partial charge on any atom is -0.488 e. The second kappa shape index (κ2) is 38.4. The average Bonchev–Trinajstić information content (AvgIpc) is 1.93. The van der Waals surface area contributed by atoms with Gasteiger partial charge in [-0.3, -0.25) is 29.4 Å². The number of hydrogen-bond donors (Lipinski definition) is 5. The lowest BCUT2D eigenvalue weighted by atomic mass is 9.96. The Morgan fingerprint density at radius 2 is 1.03 bits per heavy atom. The van der Waals surface area contributed by atoms with Crippen LogP contribution in [0.2, 0.25) is 0 Å². The number of carbonyl (C=O) groups excluding carboxylic acids is 4. The van der Waals surface area contributed by atoms with E-state index in [9.17, 15) is 24.3 Å². The lowest BCUT2D eigenvalue weighted by molar-refractivity contribution is -0.135. The lowest BCUT2D eigenvalue weighted by Crippen LogP contribution is -2.48. The Morgan fingerprint density at radius 1 is 0.613 bits per heavy atom. The number of urea groups is 2. The van der Waals surface area contributed by atoms with E-state index in [0.29, 0.717) is 62.3 Å². The van der Waals surface area contributed by atoms with Crippen molar-refractivity contribution >= 4 is 46.9 Å². The number of hydrogen-bond acceptors (Lipinski definition) is 14. The van der Waals surface area contributed by atoms with Crippen molar-refractivity contribution < 1.29 is 38.5 Å². The zero-order valence-corrected chi connectivity index (χ0v) is 57.3. The van der Waals surface area contributed by atoms with E-state index in [0.717, 1.165) is 113 Å². The van der Waals surface area contributed by atoms with Crippen LogP contribution in [0.4, 0.5) is 21.0 Å². The number of aliphatic hydroxyl groups excluding tert-OH is 1. The number of halogens is 1. The Kier molecular flexibility index (Phi) is 30.0. The van der Waals surface area contributed by atoms with Crippen molar-refractivity contribution in [2.24, 2.45) is 11.8 Å². The van der Waals surface area contributed by atoms with Gasteiger partial charge in [-0.05, 0) is 177 Å². The molecular weight excluding hydrogens is 1200 g/mol. The third kappa shape index (κ3) is 24.2. The summed E-state index contributed by atoms with van der Waals surface area (Å²) in [5, 5.41) is 22.0. The molecule has 0 bridgehead atoms. The fourth-order valence-electron chi connectivity index (χ4n) is 13.6. The molecule has 10 rings (SSSR count). The maximum atomic E-state index is 14.0. The van der Waals surface area contributed by atoms with Crippen LogP contribution in [0, 0.1) is 11.8 Å². The Hall–Kier alpha value is -6.13. The minimum absolute atomic E-state index is 0.0212. The van der Waals surface area contributed by atoms with E-state index >= 15 is 0 Å². The number of rotatable bonds is 22. The number of anilines is 2. The fourth-order valence-corrected chi connectivity index (χ4v) is 13.8. The summed E-state index contributed by atoms with van der Waals surface area (Å²) in [5.74, 6) is 2.20. The summed E-state index contributed by atoms with van der Waals surface area (Å²) in [6.07, 6.45) is 23.6. The highest BCUT2D eigenvalue weighted by Gasteiger charge is 2.34. The summed E-state index contributed by atoms with van der Waals surface area (Å²) in [6, 6.07) is 18.9. The van der Waals surface area contributed by atoms with Gasteiger partial charge in [-0.1, -0.05) is 52.4 Å². The number of nitrogens with zero attached hydrogens (tertiary/aromatic N) is 8. The highest BCUT2D eigenvalue weighted by molar-refractivity contribution is 6.18. The third-order valence-corrected chi connectivity index (χ3v) is 19.2. The van der Waals surface area contributed by atoms with Crippen LogP contribution in [-0.4, -0.2) is 210 Å². The molecule has 6 heterocycles. The number of alkyl halides is 1. The number of amides is 6. The van der Waals surface area contributed by atoms with Crippen LogP contribution in [0.5, 0.6) is 11.5 Å². The largest absolute Gasteiger partial charge is 0.488 e. The number of aromatic nitrogens is 2. The first kappa shape index (κ1) is 72.7. The summed E-state index contributed by atoms with van der Waals surface area (Å²) >= 11 is 5.54. The van der Waals surface area contributed by atoms with Gasteiger partial charge in [0, 0.05) is 129 Å². The monoisotopic (exact) mass is 1300 g/mol. The number of ether oxygens (including phenoxy) is 3. The number of pyridine rings is 2. The molecule has 93 heavy (non-hydrogen) atoms. The van der Waals surface area contributed by atoms with Gasteiger partial charge in [-0.25, -0.2) is 9.59 Å². The molecule has 4 aliphatic heterocycles. The molecule has 6 atom stereocenters. The molecular formula is C72H109ClN12O8. The smallest absolute Gasteiger partial charge is 0.319 e. The van der Waals surface area contributed by atoms with Gasteiger partial charge < -0.3 is 60.2 Å². The first-order valence-electron chi connectivity index (χ1n) is 34.8. The molecule has 0 spiro atoms. The van der Waals surface area contributed by atoms with Gasteiger partial charge in [0.15, 0.2) is 0 Å². The van der Waals surface area contributed by atoms with Gasteiger partial charge in [0.25, 0.3) is 0 Å². The van der Waals surface area contributed by atoms with Gasteiger partial charge in [0.05, 0.1) is 44.7 Å². The van der Waals surface area contributed by atoms with E-state index in [4.69, 9.17) is 25.8 Å². The molecule has 6 aliphatic rings. The Labute approximate surface area is 559 Å². The van der Waals surface area contributed by atoms with Crippen molar-refractivity contribution in [2.75, 3.05) is 116 Å². The van der Waals surface area contributed by atoms with E-state index in [1.54, 1.807) is 17.3 Å². The second-order valence-electron chi connectivity index (χ2n) is 27.1. The molecule has 0 radical (unpaired) electrons. The number of benzene rings is 2. The number of likely N-dealkylation sites (N-methyl/N-ethyl adjacent to an activating group) is 2. The van der Waals surface area contributed by atoms with E-state index in [2.05, 4.69) is 85.7 Å². The average molecular weight is 1310 g/mol. The van der Waals surface area contributed by atoms with Gasteiger partial charge in [0.2, 0.25) is 11.8 Å². The van der Waals surface area contributed by atoms with Crippen molar-refractivity contribution in [3.63, 3.8) is 0 Å². The number of carbonyl (C=O) groups is 4.